The molecule has 0 bridgehead atoms. The SMILES string of the molecule is COCCNC(=O)c1ccc(N(CC(O)Cn2c3ccccc3c3ccccc32)S(=O)(=O)c2ccc(C)cc2)cc1. The normalized spacial score (nSPS) is 12.5. The van der Waals surface area contributed by atoms with Gasteiger partial charge in [0.15, 0.2) is 0 Å². The fourth-order valence-corrected chi connectivity index (χ4v) is 6.49. The molecule has 0 saturated carbocycles. The number of aliphatic hydroxyl groups is 1. The van der Waals surface area contributed by atoms with E-state index in [1.54, 1.807) is 55.6 Å². The fraction of sp³-hybridized carbons (Fsp3) is 0.219. The Morgan fingerprint density at radius 2 is 1.49 bits per heavy atom. The number of hydrogen-bond donors (Lipinski definition) is 2. The summed E-state index contributed by atoms with van der Waals surface area (Å²) in [6, 6.07) is 28.9. The van der Waals surface area contributed by atoms with Crippen molar-refractivity contribution in [3.05, 3.63) is 108 Å². The fourth-order valence-electron chi connectivity index (χ4n) is 4.99. The largest absolute Gasteiger partial charge is 0.389 e. The van der Waals surface area contributed by atoms with Crippen LogP contribution in [0.4, 0.5) is 5.69 Å². The molecule has 2 N–H and O–H groups in total. The minimum absolute atomic E-state index is 0.119. The maximum atomic E-state index is 13.9. The molecular formula is C32H33N3O5S. The van der Waals surface area contributed by atoms with Crippen LogP contribution in [0.3, 0.4) is 0 Å². The number of sulfonamides is 1. The number of aryl methyl sites for hydroxylation is 1. The van der Waals surface area contributed by atoms with Crippen LogP contribution in [0.2, 0.25) is 0 Å². The molecule has 0 saturated heterocycles. The Kier molecular flexibility index (Phi) is 8.39. The lowest BCUT2D eigenvalue weighted by Crippen LogP contribution is -2.39. The second kappa shape index (κ2) is 12.1. The van der Waals surface area contributed by atoms with Crippen molar-refractivity contribution in [3.8, 4) is 0 Å². The molecule has 0 spiro atoms. The van der Waals surface area contributed by atoms with Gasteiger partial charge in [-0.05, 0) is 55.5 Å². The average Bonchev–Trinajstić information content (AvgIpc) is 3.29. The molecule has 8 nitrogen and oxygen atoms in total. The summed E-state index contributed by atoms with van der Waals surface area (Å²) in [4.78, 5) is 12.6. The summed E-state index contributed by atoms with van der Waals surface area (Å²) in [5.74, 6) is -0.284. The van der Waals surface area contributed by atoms with Gasteiger partial charge in [0.05, 0.1) is 36.4 Å². The van der Waals surface area contributed by atoms with Gasteiger partial charge in [0, 0.05) is 41.0 Å². The van der Waals surface area contributed by atoms with Gasteiger partial charge in [0.1, 0.15) is 0 Å². The number of rotatable bonds is 11. The lowest BCUT2D eigenvalue weighted by molar-refractivity contribution is 0.0937. The summed E-state index contributed by atoms with van der Waals surface area (Å²) in [6.07, 6.45) is -1.04. The number of anilines is 1. The molecule has 0 radical (unpaired) electrons. The van der Waals surface area contributed by atoms with Gasteiger partial charge in [-0.3, -0.25) is 9.10 Å². The first-order chi connectivity index (χ1) is 19.8. The van der Waals surface area contributed by atoms with Gasteiger partial charge in [0.2, 0.25) is 0 Å². The van der Waals surface area contributed by atoms with Crippen LogP contribution in [-0.4, -0.2) is 56.9 Å². The van der Waals surface area contributed by atoms with Gasteiger partial charge in [-0.15, -0.1) is 0 Å². The van der Waals surface area contributed by atoms with Crippen LogP contribution in [0.5, 0.6) is 0 Å². The Hall–Kier alpha value is -4.18. The molecule has 1 aromatic heterocycles. The number of para-hydroxylation sites is 2. The van der Waals surface area contributed by atoms with Crippen molar-refractivity contribution in [2.24, 2.45) is 0 Å². The van der Waals surface area contributed by atoms with Crippen LogP contribution in [0.25, 0.3) is 21.8 Å². The minimum atomic E-state index is -4.03. The summed E-state index contributed by atoms with van der Waals surface area (Å²) in [5, 5.41) is 16.3. The Morgan fingerprint density at radius 1 is 0.902 bits per heavy atom. The summed E-state index contributed by atoms with van der Waals surface area (Å²) in [6.45, 7) is 2.64. The first-order valence-corrected chi connectivity index (χ1v) is 14.8. The van der Waals surface area contributed by atoms with Crippen molar-refractivity contribution in [2.75, 3.05) is 31.1 Å². The monoisotopic (exact) mass is 571 g/mol. The smallest absolute Gasteiger partial charge is 0.264 e. The van der Waals surface area contributed by atoms with Crippen LogP contribution in [0.1, 0.15) is 15.9 Å². The van der Waals surface area contributed by atoms with Crippen LogP contribution in [0, 0.1) is 6.92 Å². The van der Waals surface area contributed by atoms with Crippen LogP contribution in [-0.2, 0) is 21.3 Å². The number of nitrogens with one attached hydrogen (secondary N) is 1. The molecule has 0 aliphatic rings. The van der Waals surface area contributed by atoms with Crippen LogP contribution in [0.15, 0.2) is 102 Å². The van der Waals surface area contributed by atoms with E-state index in [1.807, 2.05) is 60.0 Å². The quantitative estimate of drug-likeness (QED) is 0.223. The van der Waals surface area contributed by atoms with Crippen molar-refractivity contribution < 1.29 is 23.1 Å². The highest BCUT2D eigenvalue weighted by Gasteiger charge is 2.28. The number of benzene rings is 4. The molecule has 1 heterocycles. The molecule has 1 unspecified atom stereocenters. The first-order valence-electron chi connectivity index (χ1n) is 13.4. The highest BCUT2D eigenvalue weighted by Crippen LogP contribution is 2.30. The molecular weight excluding hydrogens is 538 g/mol. The summed E-state index contributed by atoms with van der Waals surface area (Å²) >= 11 is 0. The summed E-state index contributed by atoms with van der Waals surface area (Å²) in [5.41, 5.74) is 3.60. The average molecular weight is 572 g/mol. The van der Waals surface area contributed by atoms with Crippen molar-refractivity contribution >= 4 is 43.4 Å². The zero-order valence-corrected chi connectivity index (χ0v) is 23.8. The second-order valence-electron chi connectivity index (χ2n) is 9.94. The van der Waals surface area contributed by atoms with E-state index in [-0.39, 0.29) is 23.9 Å². The van der Waals surface area contributed by atoms with Crippen molar-refractivity contribution in [3.63, 3.8) is 0 Å². The van der Waals surface area contributed by atoms with Gasteiger partial charge in [-0.1, -0.05) is 54.1 Å². The number of aliphatic hydroxyl groups excluding tert-OH is 1. The number of hydrogen-bond acceptors (Lipinski definition) is 5. The number of fused-ring (bicyclic) bond motifs is 3. The molecule has 0 aliphatic carbocycles. The number of carbonyl (C=O) groups is 1. The van der Waals surface area contributed by atoms with E-state index in [0.717, 1.165) is 27.4 Å². The van der Waals surface area contributed by atoms with E-state index in [0.29, 0.717) is 24.4 Å². The molecule has 9 heteroatoms. The van der Waals surface area contributed by atoms with E-state index < -0.39 is 16.1 Å². The van der Waals surface area contributed by atoms with Crippen LogP contribution < -0.4 is 9.62 Å². The van der Waals surface area contributed by atoms with E-state index in [9.17, 15) is 18.3 Å². The standard InChI is InChI=1S/C32H33N3O5S/c1-23-11-17-27(18-12-23)41(38,39)35(25-15-13-24(14-16-25)32(37)33-19-20-40-2)22-26(36)21-34-30-9-5-3-7-28(30)29-8-4-6-10-31(29)34/h3-18,26,36H,19-22H2,1-2H3,(H,33,37). The molecule has 0 aliphatic heterocycles. The third kappa shape index (κ3) is 5.97. The van der Waals surface area contributed by atoms with E-state index in [2.05, 4.69) is 5.32 Å². The molecule has 5 aromatic rings. The predicted octanol–water partition coefficient (Wildman–Crippen LogP) is 4.74. The topological polar surface area (TPSA) is 101 Å². The minimum Gasteiger partial charge on any atom is -0.389 e. The lowest BCUT2D eigenvalue weighted by Gasteiger charge is -2.27. The Morgan fingerprint density at radius 3 is 2.07 bits per heavy atom. The van der Waals surface area contributed by atoms with Gasteiger partial charge in [0.25, 0.3) is 15.9 Å². The number of methoxy groups -OCH3 is 1. The van der Waals surface area contributed by atoms with Gasteiger partial charge >= 0.3 is 0 Å². The zero-order valence-electron chi connectivity index (χ0n) is 23.0. The van der Waals surface area contributed by atoms with Gasteiger partial charge < -0.3 is 19.7 Å². The van der Waals surface area contributed by atoms with Gasteiger partial charge in [-0.25, -0.2) is 8.42 Å². The third-order valence-corrected chi connectivity index (χ3v) is 8.88. The lowest BCUT2D eigenvalue weighted by atomic mass is 10.2. The molecule has 5 rings (SSSR count). The van der Waals surface area contributed by atoms with E-state index in [4.69, 9.17) is 4.74 Å². The third-order valence-electron chi connectivity index (χ3n) is 7.07. The molecule has 1 amide bonds. The zero-order chi connectivity index (χ0) is 29.0. The number of aromatic nitrogens is 1. The summed E-state index contributed by atoms with van der Waals surface area (Å²) < 4.78 is 36.0. The molecule has 212 valence electrons. The number of amides is 1. The highest BCUT2D eigenvalue weighted by atomic mass is 32.2. The number of ether oxygens (including phenoxy) is 1. The van der Waals surface area contributed by atoms with Crippen molar-refractivity contribution in [1.82, 2.24) is 9.88 Å². The Labute approximate surface area is 239 Å². The molecule has 41 heavy (non-hydrogen) atoms. The van der Waals surface area contributed by atoms with Crippen molar-refractivity contribution in [2.45, 2.75) is 24.5 Å². The first kappa shape index (κ1) is 28.4. The van der Waals surface area contributed by atoms with E-state index >= 15 is 0 Å². The molecule has 0 fully saturated rings. The maximum Gasteiger partial charge on any atom is 0.264 e. The number of carbonyl (C=O) groups excluding carboxylic acids is 1. The second-order valence-corrected chi connectivity index (χ2v) is 11.8. The Balaban J connectivity index is 1.47. The van der Waals surface area contributed by atoms with E-state index in [1.165, 1.54) is 4.31 Å². The van der Waals surface area contributed by atoms with Crippen molar-refractivity contribution in [1.29, 1.82) is 0 Å². The molecule has 4 aromatic carbocycles. The predicted molar refractivity (Wildman–Crippen MR) is 162 cm³/mol. The highest BCUT2D eigenvalue weighted by molar-refractivity contribution is 7.92. The number of nitrogens with zero attached hydrogens (tertiary/aromatic N) is 2. The molecule has 1 atom stereocenters. The van der Waals surface area contributed by atoms with Crippen LogP contribution >= 0.6 is 0 Å². The van der Waals surface area contributed by atoms with Gasteiger partial charge in [-0.2, -0.15) is 0 Å². The summed E-state index contributed by atoms with van der Waals surface area (Å²) in [7, 11) is -2.48. The Bertz CT molecular complexity index is 1710. The maximum absolute atomic E-state index is 13.9.